The first kappa shape index (κ1) is 10.7. The summed E-state index contributed by atoms with van der Waals surface area (Å²) in [6, 6.07) is 8.66. The number of rotatable bonds is 1. The van der Waals surface area contributed by atoms with Gasteiger partial charge in [0.05, 0.1) is 5.54 Å². The summed E-state index contributed by atoms with van der Waals surface area (Å²) in [5.41, 5.74) is 2.91. The fourth-order valence-corrected chi connectivity index (χ4v) is 2.57. The highest BCUT2D eigenvalue weighted by atomic mass is 15.2. The molecule has 1 saturated heterocycles. The monoisotopic (exact) mass is 204 g/mol. The van der Waals surface area contributed by atoms with Crippen molar-refractivity contribution in [2.24, 2.45) is 0 Å². The first-order chi connectivity index (χ1) is 7.12. The molecule has 0 aliphatic carbocycles. The third kappa shape index (κ3) is 2.06. The van der Waals surface area contributed by atoms with Crippen LogP contribution in [-0.4, -0.2) is 31.6 Å². The van der Waals surface area contributed by atoms with Crippen LogP contribution in [0.1, 0.15) is 18.1 Å². The molecule has 0 saturated carbocycles. The van der Waals surface area contributed by atoms with Gasteiger partial charge in [-0.3, -0.25) is 0 Å². The van der Waals surface area contributed by atoms with Gasteiger partial charge in [-0.2, -0.15) is 0 Å². The first-order valence-corrected chi connectivity index (χ1v) is 5.61. The molecule has 0 spiro atoms. The Morgan fingerprint density at radius 3 is 2.73 bits per heavy atom. The molecule has 1 aliphatic rings. The van der Waals surface area contributed by atoms with E-state index in [1.54, 1.807) is 0 Å². The van der Waals surface area contributed by atoms with Gasteiger partial charge in [0, 0.05) is 19.6 Å². The van der Waals surface area contributed by atoms with E-state index in [-0.39, 0.29) is 5.54 Å². The first-order valence-electron chi connectivity index (χ1n) is 5.61. The topological polar surface area (TPSA) is 15.3 Å². The zero-order valence-corrected chi connectivity index (χ0v) is 9.88. The van der Waals surface area contributed by atoms with Crippen LogP contribution >= 0.6 is 0 Å². The van der Waals surface area contributed by atoms with Crippen molar-refractivity contribution in [2.45, 2.75) is 19.4 Å². The molecule has 1 aliphatic heterocycles. The van der Waals surface area contributed by atoms with E-state index in [1.807, 2.05) is 0 Å². The predicted octanol–water partition coefficient (Wildman–Crippen LogP) is 1.75. The number of hydrogen-bond donors (Lipinski definition) is 1. The van der Waals surface area contributed by atoms with E-state index < -0.39 is 0 Å². The van der Waals surface area contributed by atoms with Crippen LogP contribution in [0.4, 0.5) is 0 Å². The molecular formula is C13H20N2. The van der Waals surface area contributed by atoms with Crippen LogP contribution in [0.25, 0.3) is 0 Å². The number of piperazine rings is 1. The SMILES string of the molecule is Cc1ccccc1C1(C)CN(C)CCN1. The molecule has 2 rings (SSSR count). The maximum Gasteiger partial charge on any atom is 0.0537 e. The molecule has 1 atom stereocenters. The molecule has 0 bridgehead atoms. The van der Waals surface area contributed by atoms with Crippen molar-refractivity contribution in [3.05, 3.63) is 35.4 Å². The Bertz CT molecular complexity index is 348. The zero-order chi connectivity index (χ0) is 10.9. The molecule has 1 aromatic carbocycles. The normalized spacial score (nSPS) is 27.9. The van der Waals surface area contributed by atoms with Gasteiger partial charge in [0.25, 0.3) is 0 Å². The van der Waals surface area contributed by atoms with Gasteiger partial charge < -0.3 is 10.2 Å². The maximum atomic E-state index is 3.64. The van der Waals surface area contributed by atoms with Gasteiger partial charge in [0.1, 0.15) is 0 Å². The summed E-state index contributed by atoms with van der Waals surface area (Å²) in [6.45, 7) is 7.78. The second kappa shape index (κ2) is 3.95. The van der Waals surface area contributed by atoms with E-state index >= 15 is 0 Å². The van der Waals surface area contributed by atoms with Gasteiger partial charge in [-0.1, -0.05) is 24.3 Å². The van der Waals surface area contributed by atoms with Gasteiger partial charge in [-0.25, -0.2) is 0 Å². The Hall–Kier alpha value is -0.860. The lowest BCUT2D eigenvalue weighted by molar-refractivity contribution is 0.170. The lowest BCUT2D eigenvalue weighted by Gasteiger charge is -2.41. The van der Waals surface area contributed by atoms with Gasteiger partial charge in [-0.15, -0.1) is 0 Å². The van der Waals surface area contributed by atoms with Crippen molar-refractivity contribution in [2.75, 3.05) is 26.7 Å². The largest absolute Gasteiger partial charge is 0.305 e. The van der Waals surface area contributed by atoms with Gasteiger partial charge in [0.2, 0.25) is 0 Å². The molecule has 15 heavy (non-hydrogen) atoms. The second-order valence-electron chi connectivity index (χ2n) is 4.81. The van der Waals surface area contributed by atoms with E-state index in [0.29, 0.717) is 0 Å². The van der Waals surface area contributed by atoms with Crippen molar-refractivity contribution in [3.63, 3.8) is 0 Å². The average Bonchev–Trinajstić information content (AvgIpc) is 2.17. The summed E-state index contributed by atoms with van der Waals surface area (Å²) in [5.74, 6) is 0. The Morgan fingerprint density at radius 2 is 2.07 bits per heavy atom. The number of nitrogens with one attached hydrogen (secondary N) is 1. The zero-order valence-electron chi connectivity index (χ0n) is 9.88. The Kier molecular flexibility index (Phi) is 2.81. The van der Waals surface area contributed by atoms with Crippen LogP contribution in [0.3, 0.4) is 0 Å². The third-order valence-corrected chi connectivity index (χ3v) is 3.33. The second-order valence-corrected chi connectivity index (χ2v) is 4.81. The van der Waals surface area contributed by atoms with Crippen LogP contribution < -0.4 is 5.32 Å². The molecule has 2 nitrogen and oxygen atoms in total. The molecule has 0 amide bonds. The van der Waals surface area contributed by atoms with Crippen molar-refractivity contribution in [3.8, 4) is 0 Å². The number of aryl methyl sites for hydroxylation is 1. The standard InChI is InChI=1S/C13H20N2/c1-11-6-4-5-7-12(11)13(2)10-15(3)9-8-14-13/h4-7,14H,8-10H2,1-3H3. The summed E-state index contributed by atoms with van der Waals surface area (Å²) in [5, 5.41) is 3.64. The number of benzene rings is 1. The molecule has 1 aromatic rings. The molecule has 1 N–H and O–H groups in total. The van der Waals surface area contributed by atoms with Gasteiger partial charge in [0.15, 0.2) is 0 Å². The van der Waals surface area contributed by atoms with Gasteiger partial charge >= 0.3 is 0 Å². The lowest BCUT2D eigenvalue weighted by atomic mass is 9.87. The predicted molar refractivity (Wildman–Crippen MR) is 64.0 cm³/mol. The Labute approximate surface area is 92.3 Å². The Morgan fingerprint density at radius 1 is 1.33 bits per heavy atom. The van der Waals surface area contributed by atoms with E-state index in [0.717, 1.165) is 19.6 Å². The fraction of sp³-hybridized carbons (Fsp3) is 0.538. The molecule has 1 unspecified atom stereocenters. The highest BCUT2D eigenvalue weighted by Gasteiger charge is 2.31. The van der Waals surface area contributed by atoms with E-state index in [4.69, 9.17) is 0 Å². The van der Waals surface area contributed by atoms with E-state index in [1.165, 1.54) is 11.1 Å². The Balaban J connectivity index is 2.32. The molecule has 0 radical (unpaired) electrons. The highest BCUT2D eigenvalue weighted by molar-refractivity contribution is 5.33. The van der Waals surface area contributed by atoms with Crippen LogP contribution in [0.2, 0.25) is 0 Å². The highest BCUT2D eigenvalue weighted by Crippen LogP contribution is 2.26. The number of likely N-dealkylation sites (N-methyl/N-ethyl adjacent to an activating group) is 1. The fourth-order valence-electron chi connectivity index (χ4n) is 2.57. The molecule has 1 heterocycles. The van der Waals surface area contributed by atoms with Crippen molar-refractivity contribution < 1.29 is 0 Å². The summed E-state index contributed by atoms with van der Waals surface area (Å²) in [7, 11) is 2.19. The molecular weight excluding hydrogens is 184 g/mol. The third-order valence-electron chi connectivity index (χ3n) is 3.33. The van der Waals surface area contributed by atoms with E-state index in [2.05, 4.69) is 55.4 Å². The minimum Gasteiger partial charge on any atom is -0.305 e. The van der Waals surface area contributed by atoms with Crippen LogP contribution in [0, 0.1) is 6.92 Å². The van der Waals surface area contributed by atoms with E-state index in [9.17, 15) is 0 Å². The minimum atomic E-state index is 0.109. The summed E-state index contributed by atoms with van der Waals surface area (Å²) in [4.78, 5) is 2.39. The molecule has 0 aromatic heterocycles. The van der Waals surface area contributed by atoms with Crippen LogP contribution in [0.15, 0.2) is 24.3 Å². The number of nitrogens with zero attached hydrogens (tertiary/aromatic N) is 1. The molecule has 1 fully saturated rings. The average molecular weight is 204 g/mol. The maximum absolute atomic E-state index is 3.64. The van der Waals surface area contributed by atoms with Crippen molar-refractivity contribution >= 4 is 0 Å². The molecule has 82 valence electrons. The van der Waals surface area contributed by atoms with Gasteiger partial charge in [-0.05, 0) is 32.0 Å². The number of hydrogen-bond acceptors (Lipinski definition) is 2. The lowest BCUT2D eigenvalue weighted by Crippen LogP contribution is -2.55. The minimum absolute atomic E-state index is 0.109. The van der Waals surface area contributed by atoms with Crippen LogP contribution in [0.5, 0.6) is 0 Å². The quantitative estimate of drug-likeness (QED) is 0.749. The summed E-state index contributed by atoms with van der Waals surface area (Å²) >= 11 is 0. The van der Waals surface area contributed by atoms with Crippen molar-refractivity contribution in [1.82, 2.24) is 10.2 Å². The van der Waals surface area contributed by atoms with Crippen molar-refractivity contribution in [1.29, 1.82) is 0 Å². The molecule has 2 heteroatoms. The summed E-state index contributed by atoms with van der Waals surface area (Å²) in [6.07, 6.45) is 0. The smallest absolute Gasteiger partial charge is 0.0537 e. The van der Waals surface area contributed by atoms with Crippen LogP contribution in [-0.2, 0) is 5.54 Å². The summed E-state index contributed by atoms with van der Waals surface area (Å²) < 4.78 is 0.